The lowest BCUT2D eigenvalue weighted by Crippen LogP contribution is -2.28. The fourth-order valence-electron chi connectivity index (χ4n) is 1.16. The minimum Gasteiger partial charge on any atom is -0.377 e. The first-order valence-corrected chi connectivity index (χ1v) is 3.99. The van der Waals surface area contributed by atoms with Crippen molar-refractivity contribution in [1.82, 2.24) is 5.32 Å². The second-order valence-corrected chi connectivity index (χ2v) is 3.21. The minimum absolute atomic E-state index is 0.611. The largest absolute Gasteiger partial charge is 0.377 e. The van der Waals surface area contributed by atoms with Crippen LogP contribution in [-0.2, 0) is 0 Å². The van der Waals surface area contributed by atoms with Crippen molar-refractivity contribution < 1.29 is 0 Å². The van der Waals surface area contributed by atoms with Crippen LogP contribution in [0.3, 0.4) is 0 Å². The van der Waals surface area contributed by atoms with Gasteiger partial charge in [-0.3, -0.25) is 0 Å². The van der Waals surface area contributed by atoms with Gasteiger partial charge < -0.3 is 5.32 Å². The van der Waals surface area contributed by atoms with E-state index in [1.54, 1.807) is 0 Å². The zero-order chi connectivity index (χ0) is 6.69. The van der Waals surface area contributed by atoms with Crippen molar-refractivity contribution in [3.63, 3.8) is 0 Å². The van der Waals surface area contributed by atoms with Crippen molar-refractivity contribution in [3.8, 4) is 0 Å². The maximum Gasteiger partial charge on any atom is 0.0755 e. The Morgan fingerprint density at radius 3 is 3.11 bits per heavy atom. The normalized spacial score (nSPS) is 29.0. The van der Waals surface area contributed by atoms with E-state index in [2.05, 4.69) is 12.2 Å². The highest BCUT2D eigenvalue weighted by Crippen LogP contribution is 2.08. The number of rotatable bonds is 0. The van der Waals surface area contributed by atoms with Gasteiger partial charge in [-0.15, -0.1) is 0 Å². The van der Waals surface area contributed by atoms with E-state index in [1.165, 1.54) is 19.3 Å². The molecule has 1 aliphatic heterocycles. The lowest BCUT2D eigenvalue weighted by atomic mass is 10.1. The first kappa shape index (κ1) is 7.00. The van der Waals surface area contributed by atoms with Crippen LogP contribution in [0.2, 0.25) is 0 Å². The lowest BCUT2D eigenvalue weighted by molar-refractivity contribution is 0.596. The Bertz CT molecular complexity index is 111. The Hall–Kier alpha value is -0.110. The SMILES string of the molecule is CC1CCCCC(=S)N1. The summed E-state index contributed by atoms with van der Waals surface area (Å²) < 4.78 is 0. The number of nitrogens with one attached hydrogen (secondary N) is 1. The molecule has 0 bridgehead atoms. The molecular weight excluding hydrogens is 130 g/mol. The molecule has 0 spiro atoms. The fourth-order valence-corrected chi connectivity index (χ4v) is 1.50. The number of thiocarbonyl (C=S) groups is 1. The van der Waals surface area contributed by atoms with Crippen molar-refractivity contribution in [2.24, 2.45) is 0 Å². The average molecular weight is 143 g/mol. The van der Waals surface area contributed by atoms with E-state index in [0.29, 0.717) is 6.04 Å². The van der Waals surface area contributed by atoms with Crippen LogP contribution >= 0.6 is 12.2 Å². The molecule has 0 aromatic rings. The van der Waals surface area contributed by atoms with Crippen LogP contribution in [0.25, 0.3) is 0 Å². The van der Waals surface area contributed by atoms with Crippen LogP contribution in [-0.4, -0.2) is 11.0 Å². The van der Waals surface area contributed by atoms with Gasteiger partial charge >= 0.3 is 0 Å². The average Bonchev–Trinajstić information content (AvgIpc) is 1.93. The molecule has 1 aliphatic rings. The van der Waals surface area contributed by atoms with E-state index in [1.807, 2.05) is 0 Å². The van der Waals surface area contributed by atoms with Crippen LogP contribution < -0.4 is 5.32 Å². The van der Waals surface area contributed by atoms with Gasteiger partial charge in [-0.1, -0.05) is 18.6 Å². The quantitative estimate of drug-likeness (QED) is 0.519. The lowest BCUT2D eigenvalue weighted by Gasteiger charge is -2.09. The topological polar surface area (TPSA) is 12.0 Å². The van der Waals surface area contributed by atoms with Gasteiger partial charge in [-0.25, -0.2) is 0 Å². The molecule has 0 saturated carbocycles. The summed E-state index contributed by atoms with van der Waals surface area (Å²) in [6, 6.07) is 0.611. The molecule has 0 aliphatic carbocycles. The first-order chi connectivity index (χ1) is 4.29. The molecule has 1 heterocycles. The van der Waals surface area contributed by atoms with Crippen molar-refractivity contribution in [3.05, 3.63) is 0 Å². The number of hydrogen-bond donors (Lipinski definition) is 1. The van der Waals surface area contributed by atoms with Gasteiger partial charge in [-0.05, 0) is 26.2 Å². The minimum atomic E-state index is 0.611. The smallest absolute Gasteiger partial charge is 0.0755 e. The summed E-state index contributed by atoms with van der Waals surface area (Å²) in [6.45, 7) is 2.19. The molecule has 52 valence electrons. The summed E-state index contributed by atoms with van der Waals surface area (Å²) >= 11 is 5.06. The molecule has 1 N–H and O–H groups in total. The third kappa shape index (κ3) is 2.31. The van der Waals surface area contributed by atoms with Gasteiger partial charge in [0.1, 0.15) is 0 Å². The van der Waals surface area contributed by atoms with Crippen molar-refractivity contribution in [1.29, 1.82) is 0 Å². The molecule has 9 heavy (non-hydrogen) atoms. The summed E-state index contributed by atoms with van der Waals surface area (Å²) in [6.07, 6.45) is 4.98. The van der Waals surface area contributed by atoms with Gasteiger partial charge in [0, 0.05) is 6.04 Å². The van der Waals surface area contributed by atoms with Gasteiger partial charge in [0.25, 0.3) is 0 Å². The predicted molar refractivity (Wildman–Crippen MR) is 43.7 cm³/mol. The summed E-state index contributed by atoms with van der Waals surface area (Å²) in [5.41, 5.74) is 0. The third-order valence-electron chi connectivity index (χ3n) is 1.70. The highest BCUT2D eigenvalue weighted by molar-refractivity contribution is 7.80. The summed E-state index contributed by atoms with van der Waals surface area (Å²) in [7, 11) is 0. The molecule has 0 amide bonds. The van der Waals surface area contributed by atoms with Crippen molar-refractivity contribution >= 4 is 17.2 Å². The van der Waals surface area contributed by atoms with Crippen LogP contribution in [0, 0.1) is 0 Å². The highest BCUT2D eigenvalue weighted by atomic mass is 32.1. The third-order valence-corrected chi connectivity index (χ3v) is 2.02. The zero-order valence-corrected chi connectivity index (χ0v) is 6.63. The Balaban J connectivity index is 2.37. The molecule has 0 aromatic carbocycles. The van der Waals surface area contributed by atoms with E-state index in [4.69, 9.17) is 12.2 Å². The fraction of sp³-hybridized carbons (Fsp3) is 0.857. The Morgan fingerprint density at radius 2 is 2.33 bits per heavy atom. The van der Waals surface area contributed by atoms with Crippen molar-refractivity contribution in [2.45, 2.75) is 38.6 Å². The standard InChI is InChI=1S/C7H13NS/c1-6-4-2-3-5-7(9)8-6/h6H,2-5H2,1H3,(H,8,9). The second kappa shape index (κ2) is 3.16. The predicted octanol–water partition coefficient (Wildman–Crippen LogP) is 1.87. The Morgan fingerprint density at radius 1 is 1.56 bits per heavy atom. The van der Waals surface area contributed by atoms with E-state index >= 15 is 0 Å². The van der Waals surface area contributed by atoms with Crippen LogP contribution in [0.15, 0.2) is 0 Å². The second-order valence-electron chi connectivity index (χ2n) is 2.71. The molecule has 1 nitrogen and oxygen atoms in total. The van der Waals surface area contributed by atoms with E-state index in [9.17, 15) is 0 Å². The molecule has 0 radical (unpaired) electrons. The Labute approximate surface area is 61.8 Å². The van der Waals surface area contributed by atoms with Crippen LogP contribution in [0.5, 0.6) is 0 Å². The van der Waals surface area contributed by atoms with Crippen LogP contribution in [0.1, 0.15) is 32.6 Å². The molecule has 1 saturated heterocycles. The Kier molecular flexibility index (Phi) is 2.46. The summed E-state index contributed by atoms with van der Waals surface area (Å²) in [5.74, 6) is 0. The van der Waals surface area contributed by atoms with Gasteiger partial charge in [-0.2, -0.15) is 0 Å². The van der Waals surface area contributed by atoms with Gasteiger partial charge in [0.15, 0.2) is 0 Å². The van der Waals surface area contributed by atoms with Crippen molar-refractivity contribution in [2.75, 3.05) is 0 Å². The number of hydrogen-bond acceptors (Lipinski definition) is 1. The van der Waals surface area contributed by atoms with E-state index < -0.39 is 0 Å². The first-order valence-electron chi connectivity index (χ1n) is 3.58. The molecule has 2 heteroatoms. The van der Waals surface area contributed by atoms with E-state index in [-0.39, 0.29) is 0 Å². The molecule has 1 atom stereocenters. The maximum absolute atomic E-state index is 5.06. The van der Waals surface area contributed by atoms with E-state index in [0.717, 1.165) is 11.4 Å². The van der Waals surface area contributed by atoms with Crippen LogP contribution in [0.4, 0.5) is 0 Å². The van der Waals surface area contributed by atoms with Gasteiger partial charge in [0.05, 0.1) is 4.99 Å². The molecule has 1 unspecified atom stereocenters. The molecule has 1 fully saturated rings. The summed E-state index contributed by atoms with van der Waals surface area (Å²) in [5, 5.41) is 3.27. The van der Waals surface area contributed by atoms with Gasteiger partial charge in [0.2, 0.25) is 0 Å². The molecule has 0 aromatic heterocycles. The molecular formula is C7H13NS. The maximum atomic E-state index is 5.06. The highest BCUT2D eigenvalue weighted by Gasteiger charge is 2.07. The summed E-state index contributed by atoms with van der Waals surface area (Å²) in [4.78, 5) is 1.06. The molecule has 1 rings (SSSR count). The monoisotopic (exact) mass is 143 g/mol. The zero-order valence-electron chi connectivity index (χ0n) is 5.81.